The van der Waals surface area contributed by atoms with Crippen molar-refractivity contribution in [3.63, 3.8) is 0 Å². The molecular formula is C17H24O7. The molecule has 1 fully saturated rings. The predicted octanol–water partition coefficient (Wildman–Crippen LogP) is 2.35. The number of allylic oxidation sites excluding steroid dienone is 2. The van der Waals surface area contributed by atoms with E-state index in [2.05, 4.69) is 26.3 Å². The summed E-state index contributed by atoms with van der Waals surface area (Å²) in [5.74, 6) is -2.78. The average Bonchev–Trinajstić information content (AvgIpc) is 3.29. The minimum absolute atomic E-state index is 0.142. The Labute approximate surface area is 141 Å². The molecule has 134 valence electrons. The Morgan fingerprint density at radius 1 is 1.21 bits per heavy atom. The van der Waals surface area contributed by atoms with Crippen molar-refractivity contribution in [2.24, 2.45) is 0 Å². The smallest absolute Gasteiger partial charge is 0.333 e. The van der Waals surface area contributed by atoms with Crippen molar-refractivity contribution in [1.29, 1.82) is 0 Å². The summed E-state index contributed by atoms with van der Waals surface area (Å²) >= 11 is 0. The van der Waals surface area contributed by atoms with Crippen LogP contribution in [0.5, 0.6) is 0 Å². The Morgan fingerprint density at radius 2 is 1.67 bits per heavy atom. The van der Waals surface area contributed by atoms with Crippen molar-refractivity contribution in [1.82, 2.24) is 0 Å². The largest absolute Gasteiger partial charge is 0.481 e. The number of esters is 1. The van der Waals surface area contributed by atoms with E-state index in [1.165, 1.54) is 0 Å². The Kier molecular flexibility index (Phi) is 12.6. The fourth-order valence-electron chi connectivity index (χ4n) is 0.714. The molecule has 0 aromatic carbocycles. The zero-order chi connectivity index (χ0) is 19.3. The zero-order valence-corrected chi connectivity index (χ0v) is 14.0. The highest BCUT2D eigenvalue weighted by Crippen LogP contribution is 2.09. The van der Waals surface area contributed by atoms with Gasteiger partial charge in [-0.05, 0) is 13.8 Å². The lowest BCUT2D eigenvalue weighted by atomic mass is 10.2. The molecule has 0 bridgehead atoms. The van der Waals surface area contributed by atoms with Crippen molar-refractivity contribution in [2.75, 3.05) is 13.2 Å². The van der Waals surface area contributed by atoms with Crippen molar-refractivity contribution < 1.29 is 34.1 Å². The van der Waals surface area contributed by atoms with E-state index in [4.69, 9.17) is 19.7 Å². The van der Waals surface area contributed by atoms with Crippen LogP contribution in [0.4, 0.5) is 0 Å². The first-order valence-electron chi connectivity index (χ1n) is 6.86. The van der Waals surface area contributed by atoms with Gasteiger partial charge in [-0.3, -0.25) is 4.79 Å². The molecule has 1 saturated heterocycles. The molecule has 1 aliphatic rings. The topological polar surface area (TPSA) is 113 Å². The van der Waals surface area contributed by atoms with Crippen molar-refractivity contribution in [3.05, 3.63) is 49.1 Å². The Bertz CT molecular complexity index is 513. The van der Waals surface area contributed by atoms with Gasteiger partial charge in [-0.15, -0.1) is 0 Å². The van der Waals surface area contributed by atoms with Crippen LogP contribution in [0.3, 0.4) is 0 Å². The molecule has 2 N–H and O–H groups in total. The molecule has 0 spiro atoms. The minimum Gasteiger partial charge on any atom is -0.481 e. The number of carbonyl (C=O) groups is 3. The highest BCUT2D eigenvalue weighted by Gasteiger charge is 2.24. The summed E-state index contributed by atoms with van der Waals surface area (Å²) in [5, 5.41) is 16.1. The quantitative estimate of drug-likeness (QED) is 0.316. The van der Waals surface area contributed by atoms with Gasteiger partial charge in [-0.2, -0.15) is 0 Å². The first-order chi connectivity index (χ1) is 11.0. The first kappa shape index (κ1) is 23.6. The van der Waals surface area contributed by atoms with Crippen molar-refractivity contribution in [3.8, 4) is 0 Å². The zero-order valence-electron chi connectivity index (χ0n) is 14.0. The minimum atomic E-state index is -1.27. The molecule has 1 aliphatic heterocycles. The maximum Gasteiger partial charge on any atom is 0.333 e. The monoisotopic (exact) mass is 340 g/mol. The summed E-state index contributed by atoms with van der Waals surface area (Å²) < 4.78 is 9.60. The van der Waals surface area contributed by atoms with Crippen molar-refractivity contribution >= 4 is 17.9 Å². The number of rotatable bonds is 7. The molecule has 0 radical (unpaired) electrons. The Morgan fingerprint density at radius 3 is 1.88 bits per heavy atom. The van der Waals surface area contributed by atoms with E-state index in [0.717, 1.165) is 5.57 Å². The highest BCUT2D eigenvalue weighted by molar-refractivity contribution is 5.91. The van der Waals surface area contributed by atoms with Gasteiger partial charge in [0.05, 0.1) is 13.0 Å². The van der Waals surface area contributed by atoms with Gasteiger partial charge in [0, 0.05) is 11.1 Å². The van der Waals surface area contributed by atoms with Crippen LogP contribution in [0.2, 0.25) is 0 Å². The number of hydrogen-bond donors (Lipinski definition) is 2. The van der Waals surface area contributed by atoms with Gasteiger partial charge in [-0.25, -0.2) is 9.59 Å². The van der Waals surface area contributed by atoms with Gasteiger partial charge in [0.1, 0.15) is 12.7 Å². The lowest BCUT2D eigenvalue weighted by molar-refractivity contribution is -0.139. The van der Waals surface area contributed by atoms with E-state index in [1.807, 2.05) is 6.92 Å². The number of carboxylic acid groups (broad SMARTS) is 2. The molecule has 7 heteroatoms. The van der Waals surface area contributed by atoms with Crippen LogP contribution in [0, 0.1) is 0 Å². The van der Waals surface area contributed by atoms with Crippen LogP contribution in [-0.4, -0.2) is 47.4 Å². The SMILES string of the molecule is C=C(C)C(=O)OCC1CO1.C=C(CC(=O)O)C(=O)O.C=CC(=C)C. The third-order valence-electron chi connectivity index (χ3n) is 2.17. The fraction of sp³-hybridized carbons (Fsp3) is 0.353. The van der Waals surface area contributed by atoms with E-state index in [0.29, 0.717) is 18.8 Å². The second-order valence-corrected chi connectivity index (χ2v) is 4.86. The molecule has 1 unspecified atom stereocenters. The molecule has 0 aromatic rings. The summed E-state index contributed by atoms with van der Waals surface area (Å²) in [5.41, 5.74) is 1.15. The van der Waals surface area contributed by atoms with Crippen LogP contribution in [0.25, 0.3) is 0 Å². The van der Waals surface area contributed by atoms with Crippen LogP contribution < -0.4 is 0 Å². The molecule has 0 aromatic heterocycles. The van der Waals surface area contributed by atoms with Gasteiger partial charge < -0.3 is 19.7 Å². The van der Waals surface area contributed by atoms with E-state index in [-0.39, 0.29) is 17.6 Å². The lowest BCUT2D eigenvalue weighted by Gasteiger charge is -1.99. The maximum atomic E-state index is 10.7. The summed E-state index contributed by atoms with van der Waals surface area (Å²) in [6, 6.07) is 0. The van der Waals surface area contributed by atoms with E-state index < -0.39 is 18.4 Å². The second kappa shape index (κ2) is 12.8. The van der Waals surface area contributed by atoms with Gasteiger partial charge in [0.25, 0.3) is 0 Å². The summed E-state index contributed by atoms with van der Waals surface area (Å²) in [6.45, 7) is 18.1. The van der Waals surface area contributed by atoms with Crippen LogP contribution in [-0.2, 0) is 23.9 Å². The highest BCUT2D eigenvalue weighted by atomic mass is 16.6. The van der Waals surface area contributed by atoms with E-state index >= 15 is 0 Å². The first-order valence-corrected chi connectivity index (χ1v) is 6.86. The standard InChI is InChI=1S/C7H10O3.C5H6O4.C5H8/c1-5(2)7(8)10-4-6-3-9-6;1-3(5(8)9)2-4(6)7;1-4-5(2)3/h6H,1,3-4H2,2H3;1-2H2,(H,6,7)(H,8,9);4H,1-2H2,3H3. The number of aliphatic carboxylic acids is 2. The number of carbonyl (C=O) groups excluding carboxylic acids is 1. The van der Waals surface area contributed by atoms with Gasteiger partial charge in [0.15, 0.2) is 0 Å². The molecule has 0 amide bonds. The summed E-state index contributed by atoms with van der Waals surface area (Å²) in [7, 11) is 0. The van der Waals surface area contributed by atoms with Gasteiger partial charge in [-0.1, -0.05) is 38.0 Å². The van der Waals surface area contributed by atoms with Crippen molar-refractivity contribution in [2.45, 2.75) is 26.4 Å². The third-order valence-corrected chi connectivity index (χ3v) is 2.17. The molecule has 1 rings (SSSR count). The van der Waals surface area contributed by atoms with Crippen LogP contribution in [0.15, 0.2) is 49.1 Å². The number of carboxylic acids is 2. The number of epoxide rings is 1. The molecule has 7 nitrogen and oxygen atoms in total. The fourth-order valence-corrected chi connectivity index (χ4v) is 0.714. The predicted molar refractivity (Wildman–Crippen MR) is 89.6 cm³/mol. The molecule has 24 heavy (non-hydrogen) atoms. The maximum absolute atomic E-state index is 10.7. The average molecular weight is 340 g/mol. The Balaban J connectivity index is 0. The number of hydrogen-bond acceptors (Lipinski definition) is 5. The normalized spacial score (nSPS) is 13.7. The Hall–Kier alpha value is -2.67. The van der Waals surface area contributed by atoms with Gasteiger partial charge in [0.2, 0.25) is 0 Å². The molecular weight excluding hydrogens is 316 g/mol. The molecule has 1 atom stereocenters. The summed E-state index contributed by atoms with van der Waals surface area (Å²) in [4.78, 5) is 30.4. The van der Waals surface area contributed by atoms with E-state index in [9.17, 15) is 14.4 Å². The number of ether oxygens (including phenoxy) is 2. The van der Waals surface area contributed by atoms with E-state index in [1.54, 1.807) is 13.0 Å². The summed E-state index contributed by atoms with van der Waals surface area (Å²) in [6.07, 6.45) is 1.36. The van der Waals surface area contributed by atoms with Crippen LogP contribution in [0.1, 0.15) is 20.3 Å². The van der Waals surface area contributed by atoms with Gasteiger partial charge >= 0.3 is 17.9 Å². The molecule has 0 aliphatic carbocycles. The van der Waals surface area contributed by atoms with Crippen LogP contribution >= 0.6 is 0 Å². The third kappa shape index (κ3) is 17.4. The second-order valence-electron chi connectivity index (χ2n) is 4.86. The lowest BCUT2D eigenvalue weighted by Crippen LogP contribution is -2.09. The molecule has 1 heterocycles. The molecule has 0 saturated carbocycles.